The Morgan fingerprint density at radius 3 is 2.28 bits per heavy atom. The molecule has 2 aromatic carbocycles. The Morgan fingerprint density at radius 1 is 1.07 bits per heavy atom. The van der Waals surface area contributed by atoms with Crippen LogP contribution in [0.2, 0.25) is 10.0 Å². The van der Waals surface area contributed by atoms with Crippen molar-refractivity contribution in [3.05, 3.63) is 57.6 Å². The van der Waals surface area contributed by atoms with Gasteiger partial charge in [-0.3, -0.25) is 4.79 Å². The quantitative estimate of drug-likeness (QED) is 0.662. The summed E-state index contributed by atoms with van der Waals surface area (Å²) < 4.78 is 66.3. The summed E-state index contributed by atoms with van der Waals surface area (Å²) in [6.45, 7) is -0.845. The molecule has 0 aliphatic carbocycles. The zero-order valence-electron chi connectivity index (χ0n) is 14.5. The Bertz CT molecular complexity index is 1070. The fourth-order valence-corrected chi connectivity index (χ4v) is 3.58. The summed E-state index contributed by atoms with van der Waals surface area (Å²) in [6, 6.07) is 5.71. The first-order chi connectivity index (χ1) is 13.3. The number of amides is 1. The van der Waals surface area contributed by atoms with Crippen LogP contribution in [0.25, 0.3) is 0 Å². The topological polar surface area (TPSA) is 89.5 Å². The first-order valence-corrected chi connectivity index (χ1v) is 10.3. The second kappa shape index (κ2) is 8.60. The van der Waals surface area contributed by atoms with Gasteiger partial charge in [-0.1, -0.05) is 23.2 Å². The molecule has 0 bridgehead atoms. The zero-order chi connectivity index (χ0) is 22.0. The van der Waals surface area contributed by atoms with Gasteiger partial charge in [0.1, 0.15) is 0 Å². The highest BCUT2D eigenvalue weighted by Crippen LogP contribution is 2.33. The SMILES string of the molecule is CS(=O)(=O)c1cc(C(=O)OCC(=O)Nc2cc(C(F)(F)F)ccc2Cl)ccc1Cl. The molecule has 6 nitrogen and oxygen atoms in total. The van der Waals surface area contributed by atoms with Gasteiger partial charge >= 0.3 is 12.1 Å². The van der Waals surface area contributed by atoms with E-state index in [1.54, 1.807) is 0 Å². The van der Waals surface area contributed by atoms with Crippen LogP contribution in [0.3, 0.4) is 0 Å². The predicted octanol–water partition coefficient (Wildman–Crippen LogP) is 4.21. The average Bonchev–Trinajstić information content (AvgIpc) is 2.60. The number of carbonyl (C=O) groups excluding carboxylic acids is 2. The van der Waals surface area contributed by atoms with Gasteiger partial charge in [-0.05, 0) is 36.4 Å². The summed E-state index contributed by atoms with van der Waals surface area (Å²) in [5, 5.41) is 1.87. The average molecular weight is 470 g/mol. The molecule has 0 saturated heterocycles. The number of hydrogen-bond acceptors (Lipinski definition) is 5. The van der Waals surface area contributed by atoms with Crippen LogP contribution >= 0.6 is 23.2 Å². The highest BCUT2D eigenvalue weighted by Gasteiger charge is 2.31. The number of nitrogens with one attached hydrogen (secondary N) is 1. The molecule has 0 heterocycles. The maximum atomic E-state index is 12.7. The number of ether oxygens (including phenoxy) is 1. The van der Waals surface area contributed by atoms with E-state index in [4.69, 9.17) is 27.9 Å². The lowest BCUT2D eigenvalue weighted by Crippen LogP contribution is -2.21. The third-order valence-electron chi connectivity index (χ3n) is 3.47. The van der Waals surface area contributed by atoms with Gasteiger partial charge in [0.15, 0.2) is 16.4 Å². The van der Waals surface area contributed by atoms with Gasteiger partial charge in [0.2, 0.25) is 0 Å². The molecule has 0 aromatic heterocycles. The van der Waals surface area contributed by atoms with E-state index in [-0.39, 0.29) is 26.2 Å². The van der Waals surface area contributed by atoms with E-state index in [1.165, 1.54) is 12.1 Å². The maximum absolute atomic E-state index is 12.7. The van der Waals surface area contributed by atoms with Crippen molar-refractivity contribution in [2.75, 3.05) is 18.2 Å². The van der Waals surface area contributed by atoms with E-state index in [0.29, 0.717) is 6.07 Å². The first kappa shape index (κ1) is 23.0. The van der Waals surface area contributed by atoms with E-state index in [1.807, 2.05) is 0 Å². The lowest BCUT2D eigenvalue weighted by atomic mass is 10.2. The van der Waals surface area contributed by atoms with Crippen molar-refractivity contribution < 1.29 is 35.9 Å². The number of alkyl halides is 3. The number of hydrogen-bond donors (Lipinski definition) is 1. The fraction of sp³-hybridized carbons (Fsp3) is 0.176. The number of sulfone groups is 1. The summed E-state index contributed by atoms with van der Waals surface area (Å²) in [5.74, 6) is -1.98. The van der Waals surface area contributed by atoms with Crippen LogP contribution < -0.4 is 5.32 Å². The molecular weight excluding hydrogens is 458 g/mol. The number of halogens is 5. The lowest BCUT2D eigenvalue weighted by Gasteiger charge is -2.12. The van der Waals surface area contributed by atoms with Gasteiger partial charge < -0.3 is 10.1 Å². The summed E-state index contributed by atoms with van der Waals surface area (Å²) in [6.07, 6.45) is -3.74. The van der Waals surface area contributed by atoms with Crippen molar-refractivity contribution in [3.63, 3.8) is 0 Å². The van der Waals surface area contributed by atoms with Crippen LogP contribution in [0.1, 0.15) is 15.9 Å². The summed E-state index contributed by atoms with van der Waals surface area (Å²) in [4.78, 5) is 23.6. The Labute approximate surface area is 173 Å². The van der Waals surface area contributed by atoms with Crippen molar-refractivity contribution >= 4 is 50.6 Å². The summed E-state index contributed by atoms with van der Waals surface area (Å²) in [7, 11) is -3.71. The van der Waals surface area contributed by atoms with Gasteiger partial charge in [-0.25, -0.2) is 13.2 Å². The molecule has 0 spiro atoms. The second-order valence-electron chi connectivity index (χ2n) is 5.73. The number of esters is 1. The molecule has 0 fully saturated rings. The van der Waals surface area contributed by atoms with Gasteiger partial charge in [0, 0.05) is 6.26 Å². The third-order valence-corrected chi connectivity index (χ3v) is 5.38. The molecule has 2 aromatic rings. The van der Waals surface area contributed by atoms with Crippen molar-refractivity contribution in [2.45, 2.75) is 11.1 Å². The standard InChI is InChI=1S/C17H12Cl2F3NO5S/c1-29(26,27)14-6-9(2-4-12(14)19)16(25)28-8-15(24)23-13-7-10(17(20,21)22)3-5-11(13)18/h2-7H,8H2,1H3,(H,23,24). The smallest absolute Gasteiger partial charge is 0.416 e. The minimum Gasteiger partial charge on any atom is -0.452 e. The lowest BCUT2D eigenvalue weighted by molar-refractivity contribution is -0.137. The molecule has 2 rings (SSSR count). The molecule has 0 aliphatic heterocycles. The van der Waals surface area contributed by atoms with Crippen LogP contribution in [-0.2, 0) is 25.5 Å². The normalized spacial score (nSPS) is 11.8. The van der Waals surface area contributed by atoms with E-state index in [9.17, 15) is 31.2 Å². The van der Waals surface area contributed by atoms with Crippen LogP contribution in [0.5, 0.6) is 0 Å². The van der Waals surface area contributed by atoms with E-state index < -0.39 is 40.1 Å². The molecule has 0 atom stereocenters. The van der Waals surface area contributed by atoms with Gasteiger partial charge in [0.05, 0.1) is 31.8 Å². The van der Waals surface area contributed by atoms with Gasteiger partial charge in [-0.2, -0.15) is 13.2 Å². The fourth-order valence-electron chi connectivity index (χ4n) is 2.11. The minimum absolute atomic E-state index is 0.0963. The minimum atomic E-state index is -4.64. The van der Waals surface area contributed by atoms with E-state index in [2.05, 4.69) is 5.32 Å². The van der Waals surface area contributed by atoms with Crippen LogP contribution in [-0.4, -0.2) is 33.2 Å². The largest absolute Gasteiger partial charge is 0.452 e. The van der Waals surface area contributed by atoms with Gasteiger partial charge in [0.25, 0.3) is 5.91 Å². The zero-order valence-corrected chi connectivity index (χ0v) is 16.8. The molecule has 1 N–H and O–H groups in total. The first-order valence-electron chi connectivity index (χ1n) is 7.62. The Balaban J connectivity index is 2.08. The highest BCUT2D eigenvalue weighted by molar-refractivity contribution is 7.90. The maximum Gasteiger partial charge on any atom is 0.416 e. The molecule has 1 amide bonds. The number of benzene rings is 2. The molecule has 0 aliphatic rings. The van der Waals surface area contributed by atoms with Crippen molar-refractivity contribution in [2.24, 2.45) is 0 Å². The van der Waals surface area contributed by atoms with Crippen molar-refractivity contribution in [3.8, 4) is 0 Å². The molecule has 0 radical (unpaired) electrons. The molecule has 12 heteroatoms. The Morgan fingerprint density at radius 2 is 1.69 bits per heavy atom. The van der Waals surface area contributed by atoms with Crippen LogP contribution in [0, 0.1) is 0 Å². The van der Waals surface area contributed by atoms with Crippen molar-refractivity contribution in [1.29, 1.82) is 0 Å². The molecule has 0 saturated carbocycles. The Hall–Kier alpha value is -2.30. The van der Waals surface area contributed by atoms with Gasteiger partial charge in [-0.15, -0.1) is 0 Å². The third kappa shape index (κ3) is 6.09. The predicted molar refractivity (Wildman–Crippen MR) is 99.9 cm³/mol. The Kier molecular flexibility index (Phi) is 6.82. The summed E-state index contributed by atoms with van der Waals surface area (Å²) >= 11 is 11.5. The van der Waals surface area contributed by atoms with Crippen LogP contribution in [0.4, 0.5) is 18.9 Å². The summed E-state index contributed by atoms with van der Waals surface area (Å²) in [5.41, 5.74) is -1.52. The van der Waals surface area contributed by atoms with Crippen LogP contribution in [0.15, 0.2) is 41.3 Å². The highest BCUT2D eigenvalue weighted by atomic mass is 35.5. The molecular formula is C17H12Cl2F3NO5S. The van der Waals surface area contributed by atoms with E-state index >= 15 is 0 Å². The van der Waals surface area contributed by atoms with Crippen molar-refractivity contribution in [1.82, 2.24) is 0 Å². The molecule has 156 valence electrons. The molecule has 0 unspecified atom stereocenters. The number of rotatable bonds is 5. The second-order valence-corrected chi connectivity index (χ2v) is 8.53. The number of carbonyl (C=O) groups is 2. The number of anilines is 1. The monoisotopic (exact) mass is 469 g/mol. The van der Waals surface area contributed by atoms with E-state index in [0.717, 1.165) is 24.5 Å². The molecule has 29 heavy (non-hydrogen) atoms.